The zero-order valence-electron chi connectivity index (χ0n) is 24.9. The number of carboxylic acid groups (broad SMARTS) is 1. The van der Waals surface area contributed by atoms with Crippen molar-refractivity contribution in [3.8, 4) is 11.1 Å². The van der Waals surface area contributed by atoms with E-state index < -0.39 is 27.9 Å². The number of amides is 1. The van der Waals surface area contributed by atoms with Gasteiger partial charge in [0.2, 0.25) is 0 Å². The summed E-state index contributed by atoms with van der Waals surface area (Å²) >= 11 is 1.49. The molecule has 0 aliphatic heterocycles. The third-order valence-corrected chi connectivity index (χ3v) is 9.10. The number of hydrogen-bond donors (Lipinski definition) is 2. The number of nitrogens with zero attached hydrogens (tertiary/aromatic N) is 1. The Hall–Kier alpha value is -3.48. The number of thioether (sulfide) groups is 1. The van der Waals surface area contributed by atoms with E-state index in [-0.39, 0.29) is 43.7 Å². The summed E-state index contributed by atoms with van der Waals surface area (Å²) in [6, 6.07) is 28.9. The van der Waals surface area contributed by atoms with Gasteiger partial charge in [0.1, 0.15) is 6.04 Å². The molecule has 214 valence electrons. The van der Waals surface area contributed by atoms with Crippen molar-refractivity contribution in [1.82, 2.24) is 5.32 Å². The summed E-state index contributed by atoms with van der Waals surface area (Å²) in [5, 5.41) is 12.3. The van der Waals surface area contributed by atoms with Crippen LogP contribution in [-0.4, -0.2) is 43.5 Å². The van der Waals surface area contributed by atoms with Gasteiger partial charge in [0, 0.05) is 5.56 Å². The van der Waals surface area contributed by atoms with Crippen molar-refractivity contribution in [2.45, 2.75) is 30.8 Å². The Balaban J connectivity index is 0.00000323. The standard InChI is InChI=1S/C32H32N2O5S2.Li.H/c1-23-11-9-10-16-27(23)29-21-26(17-18-28(29)31(35)33-30(32(36)37)19-20-40-2)41(38,39)34(25-14-7-4-8-15-25)22-24-12-5-3-6-13-24;;/h3-18,21,30H,19-20,22H2,1-2H3,(H,33,35)(H,36,37);;/q;+1;-1. The smallest absolute Gasteiger partial charge is 1.00 e. The fourth-order valence-corrected chi connectivity index (χ4v) is 6.45. The van der Waals surface area contributed by atoms with Gasteiger partial charge in [-0.2, -0.15) is 11.8 Å². The second-order valence-electron chi connectivity index (χ2n) is 9.50. The summed E-state index contributed by atoms with van der Waals surface area (Å²) in [5.74, 6) is -1.14. The van der Waals surface area contributed by atoms with Crippen LogP contribution in [0.15, 0.2) is 108 Å². The van der Waals surface area contributed by atoms with Crippen molar-refractivity contribution < 1.29 is 43.4 Å². The molecule has 0 heterocycles. The summed E-state index contributed by atoms with van der Waals surface area (Å²) in [5.41, 5.74) is 3.46. The zero-order chi connectivity index (χ0) is 29.4. The van der Waals surface area contributed by atoms with Crippen molar-refractivity contribution in [1.29, 1.82) is 0 Å². The minimum absolute atomic E-state index is 0. The van der Waals surface area contributed by atoms with Gasteiger partial charge in [-0.3, -0.25) is 9.10 Å². The molecule has 0 fully saturated rings. The monoisotopic (exact) mass is 596 g/mol. The average Bonchev–Trinajstić information content (AvgIpc) is 2.98. The number of aliphatic carboxylic acids is 1. The van der Waals surface area contributed by atoms with Crippen molar-refractivity contribution in [2.24, 2.45) is 0 Å². The first-order chi connectivity index (χ1) is 19.7. The molecule has 0 spiro atoms. The SMILES string of the molecule is CSCCC(NC(=O)c1ccc(S(=O)(=O)N(Cc2ccccc2)c2ccccc2)cc1-c1ccccc1C)C(=O)O.[H-].[Li+]. The zero-order valence-corrected chi connectivity index (χ0v) is 25.5. The maximum Gasteiger partial charge on any atom is 1.00 e. The first-order valence-electron chi connectivity index (χ1n) is 13.1. The van der Waals surface area contributed by atoms with Gasteiger partial charge < -0.3 is 11.8 Å². The van der Waals surface area contributed by atoms with Crippen molar-refractivity contribution in [2.75, 3.05) is 16.3 Å². The Labute approximate surface area is 265 Å². The van der Waals surface area contributed by atoms with Gasteiger partial charge >= 0.3 is 24.8 Å². The predicted octanol–water partition coefficient (Wildman–Crippen LogP) is 3.11. The summed E-state index contributed by atoms with van der Waals surface area (Å²) in [4.78, 5) is 25.3. The molecule has 4 rings (SSSR count). The molecule has 0 bridgehead atoms. The van der Waals surface area contributed by atoms with E-state index in [1.165, 1.54) is 34.3 Å². The Bertz CT molecular complexity index is 1620. The quantitative estimate of drug-likeness (QED) is 0.244. The fraction of sp³-hybridized carbons (Fsp3) is 0.188. The molecule has 0 aliphatic rings. The molecular formula is C32H33LiN2O5S2. The number of carbonyl (C=O) groups is 2. The van der Waals surface area contributed by atoms with E-state index in [2.05, 4.69) is 5.32 Å². The second kappa shape index (κ2) is 15.1. The van der Waals surface area contributed by atoms with E-state index in [0.29, 0.717) is 22.6 Å². The molecule has 4 aromatic carbocycles. The molecule has 1 atom stereocenters. The van der Waals surface area contributed by atoms with E-state index in [1.807, 2.05) is 73.8 Å². The summed E-state index contributed by atoms with van der Waals surface area (Å²) in [7, 11) is -4.08. The third kappa shape index (κ3) is 7.87. The molecule has 0 aromatic heterocycles. The Morgan fingerprint density at radius 3 is 2.14 bits per heavy atom. The summed E-state index contributed by atoms with van der Waals surface area (Å²) in [6.07, 6.45) is 2.13. The molecule has 42 heavy (non-hydrogen) atoms. The molecule has 2 N–H and O–H groups in total. The molecule has 1 amide bonds. The maximum absolute atomic E-state index is 14.2. The van der Waals surface area contributed by atoms with Crippen LogP contribution in [0.2, 0.25) is 0 Å². The van der Waals surface area contributed by atoms with Gasteiger partial charge in [-0.1, -0.05) is 72.8 Å². The number of benzene rings is 4. The van der Waals surface area contributed by atoms with E-state index in [0.717, 1.165) is 11.1 Å². The first kappa shape index (κ1) is 33.0. The van der Waals surface area contributed by atoms with E-state index in [9.17, 15) is 23.1 Å². The predicted molar refractivity (Wildman–Crippen MR) is 166 cm³/mol. The molecular weight excluding hydrogens is 563 g/mol. The van der Waals surface area contributed by atoms with Crippen LogP contribution in [0.3, 0.4) is 0 Å². The summed E-state index contributed by atoms with van der Waals surface area (Å²) in [6.45, 7) is 1.99. The van der Waals surface area contributed by atoms with Crippen molar-refractivity contribution in [3.63, 3.8) is 0 Å². The fourth-order valence-electron chi connectivity index (χ4n) is 4.49. The first-order valence-corrected chi connectivity index (χ1v) is 15.9. The maximum atomic E-state index is 14.2. The van der Waals surface area contributed by atoms with Gasteiger partial charge in [-0.25, -0.2) is 13.2 Å². The van der Waals surface area contributed by atoms with Crippen molar-refractivity contribution >= 4 is 39.3 Å². The second-order valence-corrected chi connectivity index (χ2v) is 12.3. The number of nitrogens with one attached hydrogen (secondary N) is 1. The minimum atomic E-state index is -4.08. The number of rotatable bonds is 12. The molecule has 10 heteroatoms. The molecule has 4 aromatic rings. The van der Waals surface area contributed by atoms with E-state index in [4.69, 9.17) is 0 Å². The van der Waals surface area contributed by atoms with E-state index in [1.54, 1.807) is 24.3 Å². The minimum Gasteiger partial charge on any atom is -1.00 e. The Morgan fingerprint density at radius 2 is 1.52 bits per heavy atom. The Kier molecular flexibility index (Phi) is 11.9. The van der Waals surface area contributed by atoms with Gasteiger partial charge in [0.05, 0.1) is 17.1 Å². The molecule has 0 radical (unpaired) electrons. The van der Waals surface area contributed by atoms with Crippen LogP contribution in [-0.2, 0) is 21.4 Å². The van der Waals surface area contributed by atoms with Crippen LogP contribution in [0.5, 0.6) is 0 Å². The van der Waals surface area contributed by atoms with Gasteiger partial charge in [-0.05, 0) is 77.9 Å². The number of anilines is 1. The number of carboxylic acids is 1. The molecule has 1 unspecified atom stereocenters. The van der Waals surface area contributed by atoms with Crippen LogP contribution < -0.4 is 28.5 Å². The third-order valence-electron chi connectivity index (χ3n) is 6.69. The summed E-state index contributed by atoms with van der Waals surface area (Å²) < 4.78 is 29.8. The number of carbonyl (C=O) groups excluding carboxylic acids is 1. The number of aryl methyl sites for hydroxylation is 1. The van der Waals surface area contributed by atoms with Crippen LogP contribution in [0, 0.1) is 6.92 Å². The van der Waals surface area contributed by atoms with Crippen molar-refractivity contribution in [3.05, 3.63) is 120 Å². The number of para-hydroxylation sites is 1. The topological polar surface area (TPSA) is 104 Å². The molecule has 0 aliphatic carbocycles. The van der Waals surface area contributed by atoms with E-state index >= 15 is 0 Å². The van der Waals surface area contributed by atoms with Gasteiger partial charge in [0.25, 0.3) is 15.9 Å². The normalized spacial score (nSPS) is 11.7. The largest absolute Gasteiger partial charge is 1.00 e. The molecule has 0 saturated carbocycles. The van der Waals surface area contributed by atoms with Crippen LogP contribution >= 0.6 is 11.8 Å². The van der Waals surface area contributed by atoms with Crippen LogP contribution in [0.4, 0.5) is 5.69 Å². The molecule has 7 nitrogen and oxygen atoms in total. The number of hydrogen-bond acceptors (Lipinski definition) is 5. The average molecular weight is 597 g/mol. The Morgan fingerprint density at radius 1 is 0.905 bits per heavy atom. The van der Waals surface area contributed by atoms with Crippen LogP contribution in [0.1, 0.15) is 29.3 Å². The van der Waals surface area contributed by atoms with Crippen LogP contribution in [0.25, 0.3) is 11.1 Å². The molecule has 0 saturated heterocycles. The van der Waals surface area contributed by atoms with Gasteiger partial charge in [0.15, 0.2) is 0 Å². The van der Waals surface area contributed by atoms with Gasteiger partial charge in [-0.15, -0.1) is 0 Å². The number of sulfonamides is 1.